The summed E-state index contributed by atoms with van der Waals surface area (Å²) in [6.45, 7) is 10.2. The van der Waals surface area contributed by atoms with E-state index in [0.29, 0.717) is 18.1 Å². The zero-order valence-corrected chi connectivity index (χ0v) is 20.7. The van der Waals surface area contributed by atoms with E-state index < -0.39 is 7.26 Å². The van der Waals surface area contributed by atoms with Gasteiger partial charge in [0.2, 0.25) is 0 Å². The van der Waals surface area contributed by atoms with Gasteiger partial charge in [0, 0.05) is 12.9 Å². The molecule has 32 heavy (non-hydrogen) atoms. The van der Waals surface area contributed by atoms with Crippen LogP contribution in [0.15, 0.2) is 42.5 Å². The number of aryl methyl sites for hydroxylation is 2. The Kier molecular flexibility index (Phi) is 9.42. The van der Waals surface area contributed by atoms with Crippen molar-refractivity contribution < 1.29 is 14.3 Å². The van der Waals surface area contributed by atoms with Gasteiger partial charge < -0.3 is 10.1 Å². The van der Waals surface area contributed by atoms with Crippen LogP contribution in [0.4, 0.5) is 5.69 Å². The Labute approximate surface area is 192 Å². The fourth-order valence-corrected chi connectivity index (χ4v) is 8.23. The van der Waals surface area contributed by atoms with Crippen LogP contribution in [0.1, 0.15) is 49.4 Å². The largest absolute Gasteiger partial charge is 0.458 e. The molecule has 0 heterocycles. The van der Waals surface area contributed by atoms with Gasteiger partial charge in [-0.05, 0) is 62.9 Å². The van der Waals surface area contributed by atoms with E-state index in [2.05, 4.69) is 25.2 Å². The molecule has 1 atom stereocenters. The van der Waals surface area contributed by atoms with Gasteiger partial charge in [-0.15, -0.1) is 0 Å². The minimum absolute atomic E-state index is 0.0451. The summed E-state index contributed by atoms with van der Waals surface area (Å²) in [5.41, 5.74) is 3.79. The highest BCUT2D eigenvalue weighted by molar-refractivity contribution is 7.78. The van der Waals surface area contributed by atoms with E-state index in [-0.39, 0.29) is 24.1 Å². The van der Waals surface area contributed by atoms with Gasteiger partial charge in [-0.3, -0.25) is 4.79 Å². The third kappa shape index (κ3) is 6.17. The number of nitrogens with one attached hydrogen (secondary N) is 1. The van der Waals surface area contributed by atoms with E-state index in [9.17, 15) is 14.9 Å². The fraction of sp³-hybridized carbons (Fsp3) is 0.423. The Balaban J connectivity index is 2.19. The van der Waals surface area contributed by atoms with Crippen LogP contribution in [0.3, 0.4) is 0 Å². The molecule has 0 aliphatic heterocycles. The number of benzene rings is 2. The molecule has 0 saturated heterocycles. The van der Waals surface area contributed by atoms with Crippen LogP contribution in [0.2, 0.25) is 0 Å². The summed E-state index contributed by atoms with van der Waals surface area (Å²) in [7, 11) is -1.92. The second kappa shape index (κ2) is 11.8. The van der Waals surface area contributed by atoms with Gasteiger partial charge in [0.15, 0.2) is 6.16 Å². The Morgan fingerprint density at radius 1 is 1.06 bits per heavy atom. The lowest BCUT2D eigenvalue weighted by atomic mass is 10.0. The molecule has 0 aliphatic carbocycles. The molecule has 0 fully saturated rings. The number of hydrogen-bond acceptors (Lipinski definition) is 4. The van der Waals surface area contributed by atoms with Crippen molar-refractivity contribution in [1.82, 2.24) is 0 Å². The van der Waals surface area contributed by atoms with E-state index >= 15 is 0 Å². The molecular formula is C26H34N2O3P+. The predicted molar refractivity (Wildman–Crippen MR) is 132 cm³/mol. The topological polar surface area (TPSA) is 79.2 Å². The van der Waals surface area contributed by atoms with Crippen molar-refractivity contribution in [1.29, 1.82) is 5.26 Å². The van der Waals surface area contributed by atoms with Crippen molar-refractivity contribution in [2.24, 2.45) is 0 Å². The minimum Gasteiger partial charge on any atom is -0.458 e. The number of carbonyl (C=O) groups excluding carboxylic acids is 2. The zero-order valence-electron chi connectivity index (χ0n) is 19.8. The maximum absolute atomic E-state index is 13.4. The second-order valence-electron chi connectivity index (χ2n) is 8.17. The highest BCUT2D eigenvalue weighted by Crippen LogP contribution is 2.63. The van der Waals surface area contributed by atoms with Gasteiger partial charge in [-0.25, -0.2) is 4.79 Å². The van der Waals surface area contributed by atoms with Crippen LogP contribution >= 0.6 is 7.26 Å². The molecule has 0 aliphatic rings. The van der Waals surface area contributed by atoms with Gasteiger partial charge in [-0.1, -0.05) is 37.3 Å². The summed E-state index contributed by atoms with van der Waals surface area (Å²) < 4.78 is 5.57. The lowest BCUT2D eigenvalue weighted by molar-refractivity contribution is -0.141. The van der Waals surface area contributed by atoms with Crippen LogP contribution in [-0.4, -0.2) is 36.0 Å². The molecule has 2 rings (SSSR count). The maximum atomic E-state index is 13.4. The second-order valence-corrected chi connectivity index (χ2v) is 12.8. The van der Waals surface area contributed by atoms with E-state index in [1.165, 1.54) is 0 Å². The first kappa shape index (κ1) is 25.6. The lowest BCUT2D eigenvalue weighted by Crippen LogP contribution is -2.35. The summed E-state index contributed by atoms with van der Waals surface area (Å²) in [5.74, 6) is -0.279. The average molecular weight is 454 g/mol. The van der Waals surface area contributed by atoms with Crippen molar-refractivity contribution in [3.8, 4) is 6.07 Å². The number of carbonyl (C=O) groups is 2. The quantitative estimate of drug-likeness (QED) is 0.370. The lowest BCUT2D eigenvalue weighted by Gasteiger charge is -2.31. The van der Waals surface area contributed by atoms with Gasteiger partial charge >= 0.3 is 5.97 Å². The summed E-state index contributed by atoms with van der Waals surface area (Å²) in [4.78, 5) is 26.2. The monoisotopic (exact) mass is 453 g/mol. The van der Waals surface area contributed by atoms with E-state index in [4.69, 9.17) is 4.74 Å². The standard InChI is InChI=1S/C26H33N2O3P/c1-6-23(26(30)28-25-19(4)14-22(16-27)15-20(25)5)32(7-2,8-3)18-24(29)31-17-21-12-10-9-11-13-21/h9-15,23H,6-8,17-18H2,1-5H3/p+1. The Morgan fingerprint density at radius 3 is 2.16 bits per heavy atom. The molecule has 2 aromatic rings. The number of rotatable bonds is 10. The van der Waals surface area contributed by atoms with Crippen LogP contribution in [-0.2, 0) is 20.9 Å². The predicted octanol–water partition coefficient (Wildman–Crippen LogP) is 5.69. The molecule has 0 saturated carbocycles. The Morgan fingerprint density at radius 2 is 1.66 bits per heavy atom. The third-order valence-corrected chi connectivity index (χ3v) is 11.5. The van der Waals surface area contributed by atoms with Gasteiger partial charge in [0.05, 0.1) is 24.0 Å². The minimum atomic E-state index is -1.92. The molecule has 1 N–H and O–H groups in total. The first-order valence-electron chi connectivity index (χ1n) is 11.2. The fourth-order valence-electron chi connectivity index (χ4n) is 4.29. The smallest absolute Gasteiger partial charge is 0.344 e. The van der Waals surface area contributed by atoms with E-state index in [1.54, 1.807) is 12.1 Å². The normalized spacial score (nSPS) is 12.0. The zero-order chi connectivity index (χ0) is 23.7. The molecule has 0 spiro atoms. The van der Waals surface area contributed by atoms with Gasteiger partial charge in [0.1, 0.15) is 12.3 Å². The molecule has 6 heteroatoms. The maximum Gasteiger partial charge on any atom is 0.344 e. The Bertz CT molecular complexity index is 955. The van der Waals surface area contributed by atoms with Crippen molar-refractivity contribution in [3.63, 3.8) is 0 Å². The number of esters is 1. The molecule has 1 unspecified atom stereocenters. The molecule has 0 radical (unpaired) electrons. The van der Waals surface area contributed by atoms with Crippen LogP contribution in [0.5, 0.6) is 0 Å². The number of nitrogens with zero attached hydrogens (tertiary/aromatic N) is 1. The van der Waals surface area contributed by atoms with Crippen LogP contribution in [0.25, 0.3) is 0 Å². The number of amides is 1. The highest BCUT2D eigenvalue weighted by atomic mass is 31.2. The van der Waals surface area contributed by atoms with E-state index in [1.807, 2.05) is 51.1 Å². The van der Waals surface area contributed by atoms with Crippen LogP contribution < -0.4 is 5.32 Å². The summed E-state index contributed by atoms with van der Waals surface area (Å²) in [6.07, 6.45) is 2.59. The van der Waals surface area contributed by atoms with E-state index in [0.717, 1.165) is 34.7 Å². The van der Waals surface area contributed by atoms with Gasteiger partial charge in [-0.2, -0.15) is 5.26 Å². The van der Waals surface area contributed by atoms with Crippen molar-refractivity contribution >= 4 is 24.8 Å². The summed E-state index contributed by atoms with van der Waals surface area (Å²) in [5, 5.41) is 12.3. The van der Waals surface area contributed by atoms with Gasteiger partial charge in [0.25, 0.3) is 5.91 Å². The number of nitriles is 1. The molecule has 2 aromatic carbocycles. The molecule has 0 aromatic heterocycles. The molecular weight excluding hydrogens is 419 g/mol. The SMILES string of the molecule is CCC(C(=O)Nc1c(C)cc(C#N)cc1C)[P+](CC)(CC)CC(=O)OCc1ccccc1. The number of hydrogen-bond donors (Lipinski definition) is 1. The molecule has 170 valence electrons. The third-order valence-electron chi connectivity index (χ3n) is 6.21. The first-order chi connectivity index (χ1) is 15.3. The average Bonchev–Trinajstić information content (AvgIpc) is 2.80. The number of anilines is 1. The van der Waals surface area contributed by atoms with Crippen molar-refractivity contribution in [3.05, 3.63) is 64.7 Å². The molecule has 5 nitrogen and oxygen atoms in total. The Hall–Kier alpha value is -2.70. The first-order valence-corrected chi connectivity index (χ1v) is 13.6. The molecule has 1 amide bonds. The van der Waals surface area contributed by atoms with Crippen LogP contribution in [0, 0.1) is 25.2 Å². The van der Waals surface area contributed by atoms with Crippen molar-refractivity contribution in [2.45, 2.75) is 53.3 Å². The summed E-state index contributed by atoms with van der Waals surface area (Å²) >= 11 is 0. The van der Waals surface area contributed by atoms with Crippen molar-refractivity contribution in [2.75, 3.05) is 23.8 Å². The molecule has 0 bridgehead atoms. The highest BCUT2D eigenvalue weighted by Gasteiger charge is 2.48. The summed E-state index contributed by atoms with van der Waals surface area (Å²) in [6, 6.07) is 15.3. The number of ether oxygens (including phenoxy) is 1.